The lowest BCUT2D eigenvalue weighted by Crippen LogP contribution is -2.04. The van der Waals surface area contributed by atoms with Crippen LogP contribution < -0.4 is 44.7 Å². The zero-order valence-corrected chi connectivity index (χ0v) is 61.8. The summed E-state index contributed by atoms with van der Waals surface area (Å²) >= 11 is 0. The van der Waals surface area contributed by atoms with Gasteiger partial charge in [-0.3, -0.25) is 14.4 Å². The molecule has 0 atom stereocenters. The summed E-state index contributed by atoms with van der Waals surface area (Å²) in [6, 6.07) is 11.6. The molecule has 7 aromatic rings. The fourth-order valence-electron chi connectivity index (χ4n) is 14.7. The number of ether oxygens (including phenoxy) is 6. The van der Waals surface area contributed by atoms with Crippen LogP contribution in [-0.2, 0) is 0 Å². The molecule has 96 heavy (non-hydrogen) atoms. The van der Waals surface area contributed by atoms with E-state index in [0.717, 1.165) is 116 Å². The van der Waals surface area contributed by atoms with E-state index in [1.807, 2.05) is 36.4 Å². The lowest BCUT2D eigenvalue weighted by Gasteiger charge is -2.14. The Morgan fingerprint density at radius 1 is 0.177 bits per heavy atom. The molecule has 0 bridgehead atoms. The van der Waals surface area contributed by atoms with Gasteiger partial charge in [0.25, 0.3) is 0 Å². The minimum atomic E-state index is -0.227. The second-order valence-electron chi connectivity index (χ2n) is 28.7. The Morgan fingerprint density at radius 3 is 0.469 bits per heavy atom. The number of hydrogen-bond acceptors (Lipinski definition) is 9. The van der Waals surface area contributed by atoms with E-state index in [2.05, 4.69) is 41.5 Å². The van der Waals surface area contributed by atoms with Crippen LogP contribution in [0.3, 0.4) is 0 Å². The van der Waals surface area contributed by atoms with Crippen molar-refractivity contribution in [1.82, 2.24) is 0 Å². The molecule has 0 heterocycles. The maximum absolute atomic E-state index is 16.0. The summed E-state index contributed by atoms with van der Waals surface area (Å²) in [5.74, 6) is 3.37. The van der Waals surface area contributed by atoms with Gasteiger partial charge in [-0.2, -0.15) is 0 Å². The summed E-state index contributed by atoms with van der Waals surface area (Å²) in [6.45, 7) is 16.6. The molecule has 534 valence electrons. The third-order valence-electron chi connectivity index (χ3n) is 20.5. The first-order chi connectivity index (χ1) is 47.3. The smallest absolute Gasteiger partial charge is 0.195 e. The van der Waals surface area contributed by atoms with E-state index in [1.54, 1.807) is 0 Å². The zero-order valence-electron chi connectivity index (χ0n) is 61.8. The lowest BCUT2D eigenvalue weighted by atomic mass is 9.99. The Morgan fingerprint density at radius 2 is 0.312 bits per heavy atom. The molecule has 7 rings (SSSR count). The molecule has 0 aliphatic rings. The molecule has 0 saturated carbocycles. The van der Waals surface area contributed by atoms with Gasteiger partial charge in [0.15, 0.2) is 50.8 Å². The SMILES string of the molecule is CCCCCCCCCCOc1cc2c(=O)c3c(c2cc1OCCCCCCCCCC)c1c(=O)c2cc(OCCCCCCCCCC)c(OCCCCCCCCCC)cc2c1c1c(=O)c2cc(OCCCCCCCCCC)c(OCCCCCCCCCC)cc2c31. The van der Waals surface area contributed by atoms with Crippen LogP contribution in [0.4, 0.5) is 0 Å². The van der Waals surface area contributed by atoms with Crippen molar-refractivity contribution in [2.24, 2.45) is 0 Å². The molecule has 0 aliphatic heterocycles. The normalized spacial score (nSPS) is 11.9. The van der Waals surface area contributed by atoms with Crippen LogP contribution in [0.25, 0.3) is 64.6 Å². The standard InChI is InChI=1S/C87H132O9/c1-7-13-19-25-31-37-43-49-55-91-73-61-67-70(64-76(73)94-58-52-46-40-34-28-22-16-10-4)85(88)82-79(67)83-81(68-62-74(92-56-50-44-38-32-26-20-14-8-2)77(65-71(68)86(83)89)95-59-53-47-41-35-29-23-17-11-5)84-80(82)69-63-75(93-57-51-45-39-33-27-21-15-9-3)78(66-72(69)87(84)90)96-60-54-48-42-36-30-24-18-12-6/h61-66H,7-60H2,1-6H3. The van der Waals surface area contributed by atoms with Crippen LogP contribution >= 0.6 is 0 Å². The Balaban J connectivity index is 1.39. The first-order valence-electron chi connectivity index (χ1n) is 40.5. The van der Waals surface area contributed by atoms with Crippen molar-refractivity contribution >= 4 is 64.6 Å². The second-order valence-corrected chi connectivity index (χ2v) is 28.7. The van der Waals surface area contributed by atoms with Crippen LogP contribution in [0.5, 0.6) is 34.5 Å². The van der Waals surface area contributed by atoms with E-state index >= 15 is 14.4 Å². The predicted octanol–water partition coefficient (Wildman–Crippen LogP) is 26.1. The van der Waals surface area contributed by atoms with Crippen molar-refractivity contribution in [3.8, 4) is 34.5 Å². The highest BCUT2D eigenvalue weighted by Gasteiger charge is 2.30. The van der Waals surface area contributed by atoms with Gasteiger partial charge in [0.05, 0.1) is 39.6 Å². The molecule has 7 aromatic carbocycles. The highest BCUT2D eigenvalue weighted by atomic mass is 16.5. The predicted molar refractivity (Wildman–Crippen MR) is 412 cm³/mol. The van der Waals surface area contributed by atoms with Crippen LogP contribution in [-0.4, -0.2) is 39.6 Å². The van der Waals surface area contributed by atoms with Gasteiger partial charge in [0, 0.05) is 48.5 Å². The second kappa shape index (κ2) is 46.1. The molecule has 0 aliphatic carbocycles. The molecule has 0 fully saturated rings. The maximum atomic E-state index is 16.0. The van der Waals surface area contributed by atoms with Crippen molar-refractivity contribution in [2.75, 3.05) is 39.6 Å². The van der Waals surface area contributed by atoms with Crippen LogP contribution in [0.2, 0.25) is 0 Å². The lowest BCUT2D eigenvalue weighted by molar-refractivity contribution is 0.259. The summed E-state index contributed by atoms with van der Waals surface area (Å²) < 4.78 is 40.6. The quantitative estimate of drug-likeness (QED) is 0.0345. The third-order valence-corrected chi connectivity index (χ3v) is 20.5. The molecule has 0 aromatic heterocycles. The molecule has 0 radical (unpaired) electrons. The van der Waals surface area contributed by atoms with E-state index < -0.39 is 0 Å². The van der Waals surface area contributed by atoms with Gasteiger partial charge < -0.3 is 28.4 Å². The first kappa shape index (κ1) is 78.0. The van der Waals surface area contributed by atoms with Gasteiger partial charge in [-0.15, -0.1) is 0 Å². The van der Waals surface area contributed by atoms with E-state index in [0.29, 0.717) is 139 Å². The van der Waals surface area contributed by atoms with Gasteiger partial charge in [0.2, 0.25) is 0 Å². The number of fused-ring (bicyclic) bond motifs is 12. The molecule has 9 heteroatoms. The van der Waals surface area contributed by atoms with Gasteiger partial charge in [-0.05, 0) is 91.1 Å². The number of benzene rings is 4. The van der Waals surface area contributed by atoms with Crippen LogP contribution in [0, 0.1) is 0 Å². The fourth-order valence-corrected chi connectivity index (χ4v) is 14.7. The molecule has 0 unspecified atom stereocenters. The van der Waals surface area contributed by atoms with Gasteiger partial charge in [-0.25, -0.2) is 0 Å². The monoisotopic (exact) mass is 1320 g/mol. The highest BCUT2D eigenvalue weighted by molar-refractivity contribution is 6.43. The van der Waals surface area contributed by atoms with Crippen molar-refractivity contribution in [3.05, 3.63) is 67.1 Å². The molecular formula is C87H132O9. The first-order valence-corrected chi connectivity index (χ1v) is 40.5. The average molecular weight is 1320 g/mol. The molecule has 0 saturated heterocycles. The summed E-state index contributed by atoms with van der Waals surface area (Å²) in [5.41, 5.74) is -0.680. The van der Waals surface area contributed by atoms with E-state index in [9.17, 15) is 0 Å². The van der Waals surface area contributed by atoms with Crippen molar-refractivity contribution < 1.29 is 28.4 Å². The minimum Gasteiger partial charge on any atom is -0.490 e. The summed E-state index contributed by atoms with van der Waals surface area (Å²) in [5, 5.41) is 6.05. The number of unbranched alkanes of at least 4 members (excludes halogenated alkanes) is 42. The molecule has 9 nitrogen and oxygen atoms in total. The van der Waals surface area contributed by atoms with E-state index in [1.165, 1.54) is 193 Å². The van der Waals surface area contributed by atoms with Crippen molar-refractivity contribution in [3.63, 3.8) is 0 Å². The Labute approximate surface area is 581 Å². The average Bonchev–Trinajstić information content (AvgIpc) is 1.51. The summed E-state index contributed by atoms with van der Waals surface area (Å²) in [4.78, 5) is 47.9. The topological polar surface area (TPSA) is 107 Å². The minimum absolute atomic E-state index is 0.227. The van der Waals surface area contributed by atoms with Gasteiger partial charge in [0.1, 0.15) is 0 Å². The molecule has 0 amide bonds. The molecule has 0 spiro atoms. The van der Waals surface area contributed by atoms with E-state index in [4.69, 9.17) is 28.4 Å². The summed E-state index contributed by atoms with van der Waals surface area (Å²) in [7, 11) is 0. The van der Waals surface area contributed by atoms with Crippen LogP contribution in [0.15, 0.2) is 50.8 Å². The Bertz CT molecular complexity index is 3040. The number of hydrogen-bond donors (Lipinski definition) is 0. The fraction of sp³-hybridized carbons (Fsp3) is 0.690. The van der Waals surface area contributed by atoms with Gasteiger partial charge in [-0.1, -0.05) is 311 Å². The highest BCUT2D eigenvalue weighted by Crippen LogP contribution is 2.48. The zero-order chi connectivity index (χ0) is 67.8. The summed E-state index contributed by atoms with van der Waals surface area (Å²) in [6.07, 6.45) is 56.6. The molecule has 0 N–H and O–H groups in total. The Kier molecular flexibility index (Phi) is 37.5. The molecular weight excluding hydrogens is 1190 g/mol. The third kappa shape index (κ3) is 24.0. The van der Waals surface area contributed by atoms with Crippen molar-refractivity contribution in [2.45, 2.75) is 350 Å². The van der Waals surface area contributed by atoms with E-state index in [-0.39, 0.29) is 16.3 Å². The largest absolute Gasteiger partial charge is 0.490 e. The van der Waals surface area contributed by atoms with Gasteiger partial charge >= 0.3 is 0 Å². The Hall–Kier alpha value is -5.31. The number of rotatable bonds is 60. The van der Waals surface area contributed by atoms with Crippen molar-refractivity contribution in [1.29, 1.82) is 0 Å². The van der Waals surface area contributed by atoms with Crippen LogP contribution in [0.1, 0.15) is 350 Å². The maximum Gasteiger partial charge on any atom is 0.195 e.